The number of fused-ring (bicyclic) bond motifs is 7. The van der Waals surface area contributed by atoms with E-state index in [1.165, 1.54) is 6.07 Å². The molecule has 240 valence electrons. The van der Waals surface area contributed by atoms with Crippen LogP contribution in [0.2, 0.25) is 0 Å². The minimum absolute atomic E-state index is 0.00662. The average Bonchev–Trinajstić information content (AvgIpc) is 3.75. The monoisotopic (exact) mass is 638 g/mol. The lowest BCUT2D eigenvalue weighted by molar-refractivity contribution is 0.129. The number of nitrogens with zero attached hydrogens (tertiary/aromatic N) is 5. The Balaban J connectivity index is 1.26. The second kappa shape index (κ2) is 10.6. The van der Waals surface area contributed by atoms with Crippen molar-refractivity contribution in [3.05, 3.63) is 59.4 Å². The summed E-state index contributed by atoms with van der Waals surface area (Å²) in [5, 5.41) is 5.11. The fourth-order valence-electron chi connectivity index (χ4n) is 8.93. The molecule has 5 aliphatic rings. The number of nitrogens with one attached hydrogen (secondary N) is 1. The van der Waals surface area contributed by atoms with Crippen LogP contribution in [0.5, 0.6) is 11.9 Å². The van der Waals surface area contributed by atoms with E-state index in [1.54, 1.807) is 24.3 Å². The lowest BCUT2D eigenvalue weighted by atomic mass is 9.90. The van der Waals surface area contributed by atoms with Crippen molar-refractivity contribution in [3.63, 3.8) is 0 Å². The number of anilines is 1. The molecule has 5 unspecified atom stereocenters. The normalized spacial score (nSPS) is 28.7. The molecule has 1 N–H and O–H groups in total. The van der Waals surface area contributed by atoms with Gasteiger partial charge in [0.25, 0.3) is 0 Å². The summed E-state index contributed by atoms with van der Waals surface area (Å²) in [4.78, 5) is 18.8. The number of rotatable bonds is 4. The highest BCUT2D eigenvalue weighted by atomic mass is 19.1. The van der Waals surface area contributed by atoms with E-state index in [0.29, 0.717) is 52.4 Å². The number of pyridine rings is 1. The molecule has 2 aromatic carbocycles. The second-order valence-corrected chi connectivity index (χ2v) is 13.4. The molecule has 0 spiro atoms. The molecule has 47 heavy (non-hydrogen) atoms. The van der Waals surface area contributed by atoms with Gasteiger partial charge in [0, 0.05) is 36.1 Å². The first-order valence-corrected chi connectivity index (χ1v) is 16.4. The zero-order valence-electron chi connectivity index (χ0n) is 25.9. The van der Waals surface area contributed by atoms with Crippen molar-refractivity contribution in [2.45, 2.75) is 68.8 Å². The van der Waals surface area contributed by atoms with E-state index in [2.05, 4.69) is 26.0 Å². The van der Waals surface area contributed by atoms with Crippen molar-refractivity contribution in [3.8, 4) is 35.5 Å². The van der Waals surface area contributed by atoms with E-state index in [1.807, 2.05) is 6.92 Å². The van der Waals surface area contributed by atoms with Gasteiger partial charge in [-0.2, -0.15) is 9.97 Å². The highest BCUT2D eigenvalue weighted by molar-refractivity contribution is 6.03. The number of ether oxygens (including phenoxy) is 2. The zero-order valence-corrected chi connectivity index (χ0v) is 25.9. The Labute approximate surface area is 270 Å². The molecular weight excluding hydrogens is 605 g/mol. The molecule has 0 aliphatic carbocycles. The Morgan fingerprint density at radius 3 is 2.89 bits per heavy atom. The van der Waals surface area contributed by atoms with Gasteiger partial charge in [-0.1, -0.05) is 30.2 Å². The first kappa shape index (κ1) is 28.8. The fourth-order valence-corrected chi connectivity index (χ4v) is 8.93. The van der Waals surface area contributed by atoms with Crippen LogP contribution >= 0.6 is 0 Å². The van der Waals surface area contributed by atoms with E-state index >= 15 is 4.39 Å². The maximum atomic E-state index is 17.1. The Morgan fingerprint density at radius 1 is 1.15 bits per heavy atom. The third kappa shape index (κ3) is 4.14. The molecule has 2 aromatic heterocycles. The van der Waals surface area contributed by atoms with Crippen molar-refractivity contribution >= 4 is 27.5 Å². The number of benzene rings is 2. The van der Waals surface area contributed by atoms with Crippen LogP contribution < -0.4 is 19.7 Å². The van der Waals surface area contributed by atoms with Gasteiger partial charge in [0.2, 0.25) is 5.88 Å². The largest absolute Gasteiger partial charge is 0.472 e. The third-order valence-electron chi connectivity index (χ3n) is 11.1. The molecule has 8 nitrogen and oxygen atoms in total. The van der Waals surface area contributed by atoms with Crippen molar-refractivity contribution in [2.24, 2.45) is 0 Å². The topological polar surface area (TPSA) is 75.6 Å². The van der Waals surface area contributed by atoms with Gasteiger partial charge in [0.1, 0.15) is 40.9 Å². The van der Waals surface area contributed by atoms with Gasteiger partial charge in [-0.25, -0.2) is 18.2 Å². The molecule has 4 aromatic rings. The van der Waals surface area contributed by atoms with Crippen LogP contribution in [0.4, 0.5) is 19.0 Å². The van der Waals surface area contributed by atoms with Crippen LogP contribution in [-0.2, 0) is 0 Å². The van der Waals surface area contributed by atoms with Crippen LogP contribution in [0.1, 0.15) is 44.6 Å². The van der Waals surface area contributed by atoms with Gasteiger partial charge in [-0.3, -0.25) is 4.90 Å². The van der Waals surface area contributed by atoms with Crippen molar-refractivity contribution in [2.75, 3.05) is 31.1 Å². The van der Waals surface area contributed by atoms with Crippen molar-refractivity contribution in [1.29, 1.82) is 0 Å². The molecule has 5 aliphatic heterocycles. The van der Waals surface area contributed by atoms with Gasteiger partial charge in [0.05, 0.1) is 23.5 Å². The SMILES string of the molecule is C#Cc1c(F)ccc2cccc(-c3nc4c5c(nc(OCC67CCCN6CCC7=CF)nc5c3F)N3CC5CCC(N5)C3C(C)O4)c12. The summed E-state index contributed by atoms with van der Waals surface area (Å²) in [6.07, 6.45) is 10.5. The fraction of sp³-hybridized carbons (Fsp3) is 0.417. The first-order valence-electron chi connectivity index (χ1n) is 16.4. The highest BCUT2D eigenvalue weighted by Gasteiger charge is 2.50. The quantitative estimate of drug-likeness (QED) is 0.287. The summed E-state index contributed by atoms with van der Waals surface area (Å²) in [7, 11) is 0. The molecule has 9 rings (SSSR count). The van der Waals surface area contributed by atoms with Gasteiger partial charge in [0.15, 0.2) is 5.82 Å². The number of hydrogen-bond acceptors (Lipinski definition) is 8. The van der Waals surface area contributed by atoms with Crippen LogP contribution in [-0.4, -0.2) is 75.9 Å². The maximum absolute atomic E-state index is 17.1. The smallest absolute Gasteiger partial charge is 0.319 e. The van der Waals surface area contributed by atoms with Crippen LogP contribution in [0.15, 0.2) is 42.2 Å². The summed E-state index contributed by atoms with van der Waals surface area (Å²) < 4.78 is 59.1. The van der Waals surface area contributed by atoms with Crippen molar-refractivity contribution < 1.29 is 22.6 Å². The second-order valence-electron chi connectivity index (χ2n) is 13.4. The minimum atomic E-state index is -0.712. The molecule has 11 heteroatoms. The Kier molecular flexibility index (Phi) is 6.47. The third-order valence-corrected chi connectivity index (χ3v) is 11.1. The van der Waals surface area contributed by atoms with E-state index in [-0.39, 0.29) is 59.5 Å². The minimum Gasteiger partial charge on any atom is -0.472 e. The van der Waals surface area contributed by atoms with Crippen molar-refractivity contribution in [1.82, 2.24) is 25.2 Å². The van der Waals surface area contributed by atoms with E-state index in [4.69, 9.17) is 25.9 Å². The van der Waals surface area contributed by atoms with E-state index < -0.39 is 17.2 Å². The van der Waals surface area contributed by atoms with Gasteiger partial charge in [-0.05, 0) is 62.6 Å². The Bertz CT molecular complexity index is 2050. The van der Waals surface area contributed by atoms with Crippen LogP contribution in [0.25, 0.3) is 32.9 Å². The van der Waals surface area contributed by atoms with Crippen LogP contribution in [0, 0.1) is 24.0 Å². The number of hydrogen-bond donors (Lipinski definition) is 1. The van der Waals surface area contributed by atoms with Crippen LogP contribution in [0.3, 0.4) is 0 Å². The maximum Gasteiger partial charge on any atom is 0.319 e. The van der Waals surface area contributed by atoms with Gasteiger partial charge >= 0.3 is 6.01 Å². The Hall–Kier alpha value is -4.40. The predicted octanol–water partition coefficient (Wildman–Crippen LogP) is 5.67. The lowest BCUT2D eigenvalue weighted by Crippen LogP contribution is -2.62. The summed E-state index contributed by atoms with van der Waals surface area (Å²) in [6, 6.07) is 8.48. The summed E-state index contributed by atoms with van der Waals surface area (Å²) >= 11 is 0. The number of halogens is 3. The highest BCUT2D eigenvalue weighted by Crippen LogP contribution is 2.46. The number of aromatic nitrogens is 3. The predicted molar refractivity (Wildman–Crippen MR) is 172 cm³/mol. The first-order chi connectivity index (χ1) is 22.9. The van der Waals surface area contributed by atoms with Gasteiger partial charge < -0.3 is 19.7 Å². The summed E-state index contributed by atoms with van der Waals surface area (Å²) in [6.45, 7) is 4.43. The molecule has 4 fully saturated rings. The molecule has 5 atom stereocenters. The lowest BCUT2D eigenvalue weighted by Gasteiger charge is -2.42. The van der Waals surface area contributed by atoms with E-state index in [9.17, 15) is 8.78 Å². The standard InChI is InChI=1S/C36H33F3N6O2/c1-3-23-25(38)10-8-20-6-4-7-24(27(20)23)30-29(39)31-28-33(45-17-22-9-11-26(40-22)32(45)19(2)47-34(28)41-30)43-35(42-31)46-18-36-13-5-14-44(36)15-12-21(36)16-37/h1,4,6-8,10,16,19,22,26,32,40H,5,9,11-15,17-18H2,2H3. The molecule has 7 heterocycles. The molecule has 4 saturated heterocycles. The molecular formula is C36H33F3N6O2. The van der Waals surface area contributed by atoms with Gasteiger partial charge in [-0.15, -0.1) is 6.42 Å². The number of terminal acetylenes is 1. The average molecular weight is 639 g/mol. The molecule has 0 radical (unpaired) electrons. The molecule has 0 saturated carbocycles. The summed E-state index contributed by atoms with van der Waals surface area (Å²) in [5.74, 6) is 1.86. The van der Waals surface area contributed by atoms with E-state index in [0.717, 1.165) is 38.8 Å². The number of piperazine rings is 1. The molecule has 0 amide bonds. The Morgan fingerprint density at radius 2 is 2.04 bits per heavy atom. The zero-order chi connectivity index (χ0) is 32.0. The summed E-state index contributed by atoms with van der Waals surface area (Å²) in [5.41, 5.74) is 0.439. The molecule has 2 bridgehead atoms.